The number of nitrogens with one attached hydrogen (secondary N) is 1. The number of nitrogens with zero attached hydrogens (tertiary/aromatic N) is 1. The van der Waals surface area contributed by atoms with Gasteiger partial charge in [0.25, 0.3) is 0 Å². The summed E-state index contributed by atoms with van der Waals surface area (Å²) in [6, 6.07) is 3.63. The Balaban J connectivity index is 1.94. The Morgan fingerprint density at radius 3 is 3.06 bits per heavy atom. The summed E-state index contributed by atoms with van der Waals surface area (Å²) in [6.45, 7) is 0. The van der Waals surface area contributed by atoms with E-state index in [-0.39, 0.29) is 5.91 Å². The van der Waals surface area contributed by atoms with E-state index in [2.05, 4.69) is 32.9 Å². The van der Waals surface area contributed by atoms with Gasteiger partial charge in [-0.3, -0.25) is 10.1 Å². The van der Waals surface area contributed by atoms with Crippen LogP contribution in [0.25, 0.3) is 6.08 Å². The first-order valence-corrected chi connectivity index (χ1v) is 6.34. The molecule has 0 unspecified atom stereocenters. The van der Waals surface area contributed by atoms with Crippen molar-refractivity contribution in [1.29, 1.82) is 0 Å². The highest BCUT2D eigenvalue weighted by molar-refractivity contribution is 14.1. The molecule has 0 aliphatic heterocycles. The Morgan fingerprint density at radius 1 is 1.56 bits per heavy atom. The highest BCUT2D eigenvalue weighted by Gasteiger charge is 2.00. The van der Waals surface area contributed by atoms with E-state index < -0.39 is 0 Å². The van der Waals surface area contributed by atoms with E-state index in [4.69, 9.17) is 4.42 Å². The molecule has 6 heteroatoms. The molecule has 0 spiro atoms. The van der Waals surface area contributed by atoms with Crippen LogP contribution < -0.4 is 5.32 Å². The quantitative estimate of drug-likeness (QED) is 0.687. The van der Waals surface area contributed by atoms with E-state index in [1.165, 1.54) is 17.4 Å². The van der Waals surface area contributed by atoms with Gasteiger partial charge in [0.1, 0.15) is 5.76 Å². The molecule has 1 amide bonds. The predicted octanol–water partition coefficient (Wildman–Crippen LogP) is 2.99. The molecule has 0 aliphatic carbocycles. The average molecular weight is 346 g/mol. The molecular formula is C10H7IN2O2S. The minimum absolute atomic E-state index is 0.221. The summed E-state index contributed by atoms with van der Waals surface area (Å²) >= 11 is 3.44. The normalized spacial score (nSPS) is 10.8. The fraction of sp³-hybridized carbons (Fsp3) is 0. The zero-order valence-electron chi connectivity index (χ0n) is 8.01. The molecular weight excluding hydrogens is 339 g/mol. The first kappa shape index (κ1) is 11.3. The van der Waals surface area contributed by atoms with E-state index in [0.717, 1.165) is 3.77 Å². The molecule has 0 aliphatic rings. The van der Waals surface area contributed by atoms with Gasteiger partial charge in [-0.1, -0.05) is 0 Å². The molecule has 0 fully saturated rings. The highest BCUT2D eigenvalue weighted by Crippen LogP contribution is 2.12. The predicted molar refractivity (Wildman–Crippen MR) is 71.2 cm³/mol. The zero-order chi connectivity index (χ0) is 11.4. The minimum Gasteiger partial charge on any atom is -0.451 e. The molecule has 2 heterocycles. The number of hydrogen-bond donors (Lipinski definition) is 1. The van der Waals surface area contributed by atoms with Crippen LogP contribution in [-0.4, -0.2) is 10.9 Å². The first-order valence-electron chi connectivity index (χ1n) is 4.38. The molecule has 2 rings (SSSR count). The number of carbonyl (C=O) groups is 1. The van der Waals surface area contributed by atoms with Crippen molar-refractivity contribution in [1.82, 2.24) is 4.98 Å². The van der Waals surface area contributed by atoms with Crippen LogP contribution in [0.15, 0.2) is 34.2 Å². The summed E-state index contributed by atoms with van der Waals surface area (Å²) in [4.78, 5) is 15.4. The number of aromatic nitrogens is 1. The number of anilines is 1. The van der Waals surface area contributed by atoms with Crippen molar-refractivity contribution in [3.8, 4) is 0 Å². The lowest BCUT2D eigenvalue weighted by Gasteiger charge is -1.93. The smallest absolute Gasteiger partial charge is 0.250 e. The second-order valence-corrected chi connectivity index (χ2v) is 4.76. The molecule has 0 atom stereocenters. The zero-order valence-corrected chi connectivity index (χ0v) is 11.0. The second kappa shape index (κ2) is 5.26. The van der Waals surface area contributed by atoms with Gasteiger partial charge in [-0.25, -0.2) is 4.98 Å². The topological polar surface area (TPSA) is 55.1 Å². The van der Waals surface area contributed by atoms with Crippen LogP contribution in [0.4, 0.5) is 5.13 Å². The third-order valence-corrected chi connectivity index (χ3v) is 2.92. The van der Waals surface area contributed by atoms with Crippen LogP contribution >= 0.6 is 33.9 Å². The Hall–Kier alpha value is -1.15. The van der Waals surface area contributed by atoms with Crippen molar-refractivity contribution in [2.24, 2.45) is 0 Å². The van der Waals surface area contributed by atoms with Gasteiger partial charge in [-0.15, -0.1) is 11.3 Å². The van der Waals surface area contributed by atoms with Gasteiger partial charge in [-0.05, 0) is 40.8 Å². The molecule has 0 saturated heterocycles. The van der Waals surface area contributed by atoms with Gasteiger partial charge in [0.2, 0.25) is 5.91 Å². The fourth-order valence-electron chi connectivity index (χ4n) is 1.01. The minimum atomic E-state index is -0.221. The maximum atomic E-state index is 11.4. The fourth-order valence-corrected chi connectivity index (χ4v) is 1.97. The molecule has 2 aromatic heterocycles. The third-order valence-electron chi connectivity index (χ3n) is 1.66. The van der Waals surface area contributed by atoms with Crippen molar-refractivity contribution in [2.75, 3.05) is 5.32 Å². The van der Waals surface area contributed by atoms with Crippen LogP contribution in [0.1, 0.15) is 5.76 Å². The molecule has 2 aromatic rings. The average Bonchev–Trinajstić information content (AvgIpc) is 2.87. The molecule has 0 aromatic carbocycles. The molecule has 82 valence electrons. The number of furan rings is 1. The maximum absolute atomic E-state index is 11.4. The van der Waals surface area contributed by atoms with E-state index >= 15 is 0 Å². The summed E-state index contributed by atoms with van der Waals surface area (Å²) in [5.41, 5.74) is 0. The SMILES string of the molecule is O=C(C=Cc1ccc(I)o1)Nc1nccs1. The largest absolute Gasteiger partial charge is 0.451 e. The standard InChI is InChI=1S/C10H7IN2O2S/c11-8-3-1-7(15-8)2-4-9(14)13-10-12-5-6-16-10/h1-6H,(H,12,13,14). The molecule has 4 nitrogen and oxygen atoms in total. The van der Waals surface area contributed by atoms with Crippen molar-refractivity contribution in [3.63, 3.8) is 0 Å². The molecule has 0 bridgehead atoms. The van der Waals surface area contributed by atoms with Gasteiger partial charge in [0.15, 0.2) is 8.90 Å². The highest BCUT2D eigenvalue weighted by atomic mass is 127. The summed E-state index contributed by atoms with van der Waals surface area (Å²) in [5.74, 6) is 0.431. The Labute approximate surface area is 110 Å². The number of thiazole rings is 1. The Bertz CT molecular complexity index is 505. The van der Waals surface area contributed by atoms with Gasteiger partial charge in [0, 0.05) is 17.7 Å². The van der Waals surface area contributed by atoms with Gasteiger partial charge < -0.3 is 4.42 Å². The Kier molecular flexibility index (Phi) is 3.73. The lowest BCUT2D eigenvalue weighted by atomic mass is 10.4. The van der Waals surface area contributed by atoms with Crippen LogP contribution in [-0.2, 0) is 4.79 Å². The van der Waals surface area contributed by atoms with Crippen molar-refractivity contribution < 1.29 is 9.21 Å². The maximum Gasteiger partial charge on any atom is 0.250 e. The monoisotopic (exact) mass is 346 g/mol. The van der Waals surface area contributed by atoms with Crippen molar-refractivity contribution >= 4 is 51.0 Å². The number of halogens is 1. The summed E-state index contributed by atoms with van der Waals surface area (Å²) in [6.07, 6.45) is 4.67. The third kappa shape index (κ3) is 3.17. The molecule has 0 radical (unpaired) electrons. The molecule has 16 heavy (non-hydrogen) atoms. The summed E-state index contributed by atoms with van der Waals surface area (Å²) in [7, 11) is 0. The van der Waals surface area contributed by atoms with Gasteiger partial charge >= 0.3 is 0 Å². The van der Waals surface area contributed by atoms with E-state index in [1.54, 1.807) is 23.7 Å². The van der Waals surface area contributed by atoms with Crippen LogP contribution in [0.5, 0.6) is 0 Å². The summed E-state index contributed by atoms with van der Waals surface area (Å²) < 4.78 is 6.07. The molecule has 1 N–H and O–H groups in total. The number of rotatable bonds is 3. The van der Waals surface area contributed by atoms with Crippen LogP contribution in [0.3, 0.4) is 0 Å². The molecule has 0 saturated carbocycles. The van der Waals surface area contributed by atoms with Gasteiger partial charge in [-0.2, -0.15) is 0 Å². The number of amides is 1. The summed E-state index contributed by atoms with van der Waals surface area (Å²) in [5, 5.41) is 5.02. The van der Waals surface area contributed by atoms with E-state index in [1.807, 2.05) is 6.07 Å². The Morgan fingerprint density at radius 2 is 2.44 bits per heavy atom. The van der Waals surface area contributed by atoms with E-state index in [0.29, 0.717) is 10.9 Å². The first-order chi connectivity index (χ1) is 7.74. The van der Waals surface area contributed by atoms with Crippen molar-refractivity contribution in [3.05, 3.63) is 39.3 Å². The lowest BCUT2D eigenvalue weighted by molar-refractivity contribution is -0.111. The van der Waals surface area contributed by atoms with Gasteiger partial charge in [0.05, 0.1) is 0 Å². The van der Waals surface area contributed by atoms with Crippen LogP contribution in [0.2, 0.25) is 0 Å². The van der Waals surface area contributed by atoms with Crippen LogP contribution in [0, 0.1) is 3.77 Å². The van der Waals surface area contributed by atoms with E-state index in [9.17, 15) is 4.79 Å². The number of carbonyl (C=O) groups excluding carboxylic acids is 1. The van der Waals surface area contributed by atoms with Crippen molar-refractivity contribution in [2.45, 2.75) is 0 Å². The lowest BCUT2D eigenvalue weighted by Crippen LogP contribution is -2.06. The number of hydrogen-bond acceptors (Lipinski definition) is 4. The second-order valence-electron chi connectivity index (χ2n) is 2.80.